The zero-order valence-corrected chi connectivity index (χ0v) is 11.3. The van der Waals surface area contributed by atoms with E-state index in [2.05, 4.69) is 5.32 Å². The molecule has 2 fully saturated rings. The number of amides is 1. The van der Waals surface area contributed by atoms with Crippen LogP contribution in [-0.2, 0) is 14.3 Å². The Kier molecular flexibility index (Phi) is 4.80. The molecule has 19 heavy (non-hydrogen) atoms. The largest absolute Gasteiger partial charge is 0.479 e. The van der Waals surface area contributed by atoms with Gasteiger partial charge >= 0.3 is 5.97 Å². The summed E-state index contributed by atoms with van der Waals surface area (Å²) in [5.41, 5.74) is -1.19. The first-order valence-corrected chi connectivity index (χ1v) is 7.27. The van der Waals surface area contributed by atoms with Crippen LogP contribution >= 0.6 is 0 Å². The van der Waals surface area contributed by atoms with Crippen molar-refractivity contribution in [2.45, 2.75) is 56.9 Å². The van der Waals surface area contributed by atoms with E-state index in [0.717, 1.165) is 25.7 Å². The van der Waals surface area contributed by atoms with Gasteiger partial charge in [-0.3, -0.25) is 4.79 Å². The Labute approximate surface area is 113 Å². The summed E-state index contributed by atoms with van der Waals surface area (Å²) in [7, 11) is 0. The molecule has 1 aliphatic heterocycles. The molecule has 2 N–H and O–H groups in total. The molecule has 1 unspecified atom stereocenters. The summed E-state index contributed by atoms with van der Waals surface area (Å²) >= 11 is 0. The minimum Gasteiger partial charge on any atom is -0.479 e. The van der Waals surface area contributed by atoms with Gasteiger partial charge in [0.2, 0.25) is 5.91 Å². The summed E-state index contributed by atoms with van der Waals surface area (Å²) in [4.78, 5) is 23.7. The number of hydrogen-bond donors (Lipinski definition) is 2. The molecule has 0 spiro atoms. The molecule has 5 nitrogen and oxygen atoms in total. The first kappa shape index (κ1) is 14.3. The molecule has 1 heterocycles. The van der Waals surface area contributed by atoms with Gasteiger partial charge in [-0.25, -0.2) is 4.79 Å². The Morgan fingerprint density at radius 2 is 1.74 bits per heavy atom. The maximum Gasteiger partial charge on any atom is 0.331 e. The fraction of sp³-hybridized carbons (Fsp3) is 0.857. The van der Waals surface area contributed by atoms with E-state index in [1.165, 1.54) is 19.3 Å². The van der Waals surface area contributed by atoms with Crippen molar-refractivity contribution in [1.82, 2.24) is 5.32 Å². The van der Waals surface area contributed by atoms with Crippen LogP contribution in [0.4, 0.5) is 0 Å². The molecule has 0 bridgehead atoms. The molecule has 0 aromatic rings. The van der Waals surface area contributed by atoms with Crippen molar-refractivity contribution in [3.8, 4) is 0 Å². The molecule has 1 saturated heterocycles. The molecule has 5 heteroatoms. The predicted octanol–water partition coefficient (Wildman–Crippen LogP) is 1.71. The van der Waals surface area contributed by atoms with E-state index < -0.39 is 11.5 Å². The first-order valence-electron chi connectivity index (χ1n) is 7.27. The van der Waals surface area contributed by atoms with Gasteiger partial charge in [0.05, 0.1) is 6.61 Å². The normalized spacial score (nSPS) is 29.5. The number of nitrogens with one attached hydrogen (secondary N) is 1. The van der Waals surface area contributed by atoms with E-state index in [1.807, 2.05) is 0 Å². The lowest BCUT2D eigenvalue weighted by molar-refractivity contribution is -0.148. The summed E-state index contributed by atoms with van der Waals surface area (Å²) in [5.74, 6) is -1.11. The molecule has 0 aromatic carbocycles. The second-order valence-electron chi connectivity index (χ2n) is 5.72. The lowest BCUT2D eigenvalue weighted by Crippen LogP contribution is -2.56. The quantitative estimate of drug-likeness (QED) is 0.817. The predicted molar refractivity (Wildman–Crippen MR) is 69.8 cm³/mol. The van der Waals surface area contributed by atoms with E-state index in [0.29, 0.717) is 13.0 Å². The van der Waals surface area contributed by atoms with Crippen molar-refractivity contribution < 1.29 is 19.4 Å². The average Bonchev–Trinajstić information content (AvgIpc) is 2.78. The van der Waals surface area contributed by atoms with Crippen molar-refractivity contribution in [2.24, 2.45) is 5.92 Å². The van der Waals surface area contributed by atoms with Crippen LogP contribution in [0.1, 0.15) is 51.4 Å². The van der Waals surface area contributed by atoms with Crippen molar-refractivity contribution in [1.29, 1.82) is 0 Å². The molecule has 1 amide bonds. The van der Waals surface area contributed by atoms with E-state index in [-0.39, 0.29) is 18.4 Å². The van der Waals surface area contributed by atoms with E-state index in [4.69, 9.17) is 4.74 Å². The smallest absolute Gasteiger partial charge is 0.331 e. The minimum atomic E-state index is -1.19. The lowest BCUT2D eigenvalue weighted by Gasteiger charge is -2.27. The van der Waals surface area contributed by atoms with Crippen LogP contribution in [0.25, 0.3) is 0 Å². The van der Waals surface area contributed by atoms with Gasteiger partial charge in [0.15, 0.2) is 5.54 Å². The Hall–Kier alpha value is -1.10. The molecule has 1 atom stereocenters. The number of hydrogen-bond acceptors (Lipinski definition) is 3. The summed E-state index contributed by atoms with van der Waals surface area (Å²) in [5, 5.41) is 12.1. The van der Waals surface area contributed by atoms with Gasteiger partial charge in [0, 0.05) is 18.9 Å². The van der Waals surface area contributed by atoms with Crippen LogP contribution < -0.4 is 5.32 Å². The number of ether oxygens (including phenoxy) is 1. The van der Waals surface area contributed by atoms with Gasteiger partial charge in [-0.05, 0) is 12.8 Å². The molecule has 1 aliphatic carbocycles. The highest BCUT2D eigenvalue weighted by atomic mass is 16.5. The number of carbonyl (C=O) groups excluding carboxylic acids is 1. The summed E-state index contributed by atoms with van der Waals surface area (Å²) in [6.07, 6.45) is 7.85. The number of rotatable bonds is 3. The maximum absolute atomic E-state index is 12.3. The van der Waals surface area contributed by atoms with Gasteiger partial charge < -0.3 is 15.2 Å². The second-order valence-corrected chi connectivity index (χ2v) is 5.72. The van der Waals surface area contributed by atoms with Crippen LogP contribution in [0.2, 0.25) is 0 Å². The molecule has 1 saturated carbocycles. The van der Waals surface area contributed by atoms with E-state index in [9.17, 15) is 14.7 Å². The van der Waals surface area contributed by atoms with Crippen LogP contribution in [0, 0.1) is 5.92 Å². The Bertz CT molecular complexity index is 328. The second kappa shape index (κ2) is 6.37. The molecular formula is C14H23NO4. The van der Waals surface area contributed by atoms with Crippen molar-refractivity contribution in [3.63, 3.8) is 0 Å². The topological polar surface area (TPSA) is 75.6 Å². The molecule has 2 rings (SSSR count). The highest BCUT2D eigenvalue weighted by molar-refractivity contribution is 5.88. The first-order chi connectivity index (χ1) is 9.14. The summed E-state index contributed by atoms with van der Waals surface area (Å²) in [6.45, 7) is 0.484. The highest BCUT2D eigenvalue weighted by Gasteiger charge is 2.44. The average molecular weight is 269 g/mol. The monoisotopic (exact) mass is 269 g/mol. The maximum atomic E-state index is 12.3. The fourth-order valence-electron chi connectivity index (χ4n) is 2.94. The van der Waals surface area contributed by atoms with Crippen molar-refractivity contribution in [2.75, 3.05) is 13.2 Å². The molecular weight excluding hydrogens is 246 g/mol. The minimum absolute atomic E-state index is 0.0304. The Morgan fingerprint density at radius 3 is 2.26 bits per heavy atom. The Balaban J connectivity index is 1.96. The molecule has 108 valence electrons. The molecule has 0 aromatic heterocycles. The van der Waals surface area contributed by atoms with Gasteiger partial charge in [-0.1, -0.05) is 32.1 Å². The van der Waals surface area contributed by atoms with Gasteiger partial charge in [0.1, 0.15) is 0 Å². The van der Waals surface area contributed by atoms with Crippen LogP contribution in [-0.4, -0.2) is 35.7 Å². The Morgan fingerprint density at radius 1 is 1.11 bits per heavy atom. The zero-order valence-electron chi connectivity index (χ0n) is 11.3. The summed E-state index contributed by atoms with van der Waals surface area (Å²) in [6, 6.07) is 0. The zero-order chi connectivity index (χ0) is 13.7. The third kappa shape index (κ3) is 3.47. The van der Waals surface area contributed by atoms with Crippen molar-refractivity contribution in [3.05, 3.63) is 0 Å². The number of carboxylic acid groups (broad SMARTS) is 1. The van der Waals surface area contributed by atoms with Gasteiger partial charge in [-0.15, -0.1) is 0 Å². The SMILES string of the molecule is O=C(NC1(C(=O)O)CCOC1)C1CCCCCCC1. The van der Waals surface area contributed by atoms with E-state index >= 15 is 0 Å². The summed E-state index contributed by atoms with van der Waals surface area (Å²) < 4.78 is 5.16. The lowest BCUT2D eigenvalue weighted by atomic mass is 9.89. The fourth-order valence-corrected chi connectivity index (χ4v) is 2.94. The third-order valence-electron chi connectivity index (χ3n) is 4.27. The van der Waals surface area contributed by atoms with Crippen LogP contribution in [0.5, 0.6) is 0 Å². The van der Waals surface area contributed by atoms with Crippen molar-refractivity contribution >= 4 is 11.9 Å². The number of carbonyl (C=O) groups is 2. The molecule has 2 aliphatic rings. The highest BCUT2D eigenvalue weighted by Crippen LogP contribution is 2.25. The number of aliphatic carboxylic acids is 1. The van der Waals surface area contributed by atoms with Gasteiger partial charge in [0.25, 0.3) is 0 Å². The van der Waals surface area contributed by atoms with Crippen LogP contribution in [0.3, 0.4) is 0 Å². The third-order valence-corrected chi connectivity index (χ3v) is 4.27. The van der Waals surface area contributed by atoms with Gasteiger partial charge in [-0.2, -0.15) is 0 Å². The standard InChI is InChI=1S/C14H23NO4/c16-12(11-6-4-2-1-3-5-7-11)15-14(13(17)18)8-9-19-10-14/h11H,1-10H2,(H,15,16)(H,17,18). The number of carboxylic acids is 1. The molecule has 0 radical (unpaired) electrons. The van der Waals surface area contributed by atoms with Crippen LogP contribution in [0.15, 0.2) is 0 Å². The van der Waals surface area contributed by atoms with E-state index in [1.54, 1.807) is 0 Å².